The van der Waals surface area contributed by atoms with Gasteiger partial charge in [-0.15, -0.1) is 24.0 Å². The summed E-state index contributed by atoms with van der Waals surface area (Å²) in [6.45, 7) is 1.77. The maximum absolute atomic E-state index is 13.5. The van der Waals surface area contributed by atoms with Gasteiger partial charge in [0.1, 0.15) is 12.4 Å². The maximum atomic E-state index is 13.5. The molecular weight excluding hydrogens is 525 g/mol. The number of benzene rings is 1. The molecule has 160 valence electrons. The lowest BCUT2D eigenvalue weighted by atomic mass is 10.3. The Kier molecular flexibility index (Phi) is 11.4. The number of rotatable bonds is 8. The van der Waals surface area contributed by atoms with Crippen molar-refractivity contribution in [2.75, 3.05) is 57.1 Å². The van der Waals surface area contributed by atoms with E-state index in [1.54, 1.807) is 18.8 Å². The van der Waals surface area contributed by atoms with Crippen molar-refractivity contribution < 1.29 is 21.9 Å². The first-order valence-electron chi connectivity index (χ1n) is 8.50. The molecule has 0 spiro atoms. The minimum atomic E-state index is -3.28. The molecule has 0 radical (unpaired) electrons. The summed E-state index contributed by atoms with van der Waals surface area (Å²) in [5.41, 5.74) is 0. The van der Waals surface area contributed by atoms with Crippen LogP contribution in [-0.2, 0) is 10.0 Å². The van der Waals surface area contributed by atoms with Gasteiger partial charge >= 0.3 is 0 Å². The van der Waals surface area contributed by atoms with Crippen molar-refractivity contribution in [3.63, 3.8) is 0 Å². The SMILES string of the molecule is CN=C(NCCOc1ccc(F)cc1F)NCCS(=O)(=O)N1CCSCC1.I. The van der Waals surface area contributed by atoms with E-state index in [1.807, 2.05) is 0 Å². The molecule has 1 aromatic rings. The number of thioether (sulfide) groups is 1. The molecule has 1 heterocycles. The van der Waals surface area contributed by atoms with Crippen molar-refractivity contribution >= 4 is 51.7 Å². The van der Waals surface area contributed by atoms with Gasteiger partial charge in [-0.1, -0.05) is 0 Å². The summed E-state index contributed by atoms with van der Waals surface area (Å²) < 4.78 is 57.6. The first-order valence-corrected chi connectivity index (χ1v) is 11.3. The van der Waals surface area contributed by atoms with Crippen molar-refractivity contribution in [3.8, 4) is 5.75 Å². The molecule has 12 heteroatoms. The quantitative estimate of drug-likeness (QED) is 0.221. The van der Waals surface area contributed by atoms with Crippen LogP contribution in [0.5, 0.6) is 5.75 Å². The molecule has 1 saturated heterocycles. The van der Waals surface area contributed by atoms with Crippen molar-refractivity contribution in [1.82, 2.24) is 14.9 Å². The van der Waals surface area contributed by atoms with Gasteiger partial charge in [0.05, 0.1) is 12.3 Å². The number of halogens is 3. The topological polar surface area (TPSA) is 83.0 Å². The number of guanidine groups is 1. The molecule has 0 aliphatic carbocycles. The fourth-order valence-electron chi connectivity index (χ4n) is 2.40. The number of sulfonamides is 1. The van der Waals surface area contributed by atoms with Gasteiger partial charge in [0.15, 0.2) is 17.5 Å². The van der Waals surface area contributed by atoms with E-state index in [0.29, 0.717) is 25.6 Å². The van der Waals surface area contributed by atoms with Crippen LogP contribution in [0.2, 0.25) is 0 Å². The Morgan fingerprint density at radius 2 is 1.93 bits per heavy atom. The predicted octanol–water partition coefficient (Wildman–Crippen LogP) is 1.51. The number of aliphatic imine (C=N–C) groups is 1. The van der Waals surface area contributed by atoms with Gasteiger partial charge in [-0.2, -0.15) is 11.8 Å². The van der Waals surface area contributed by atoms with Crippen LogP contribution in [0.25, 0.3) is 0 Å². The third-order valence-electron chi connectivity index (χ3n) is 3.79. The molecule has 7 nitrogen and oxygen atoms in total. The van der Waals surface area contributed by atoms with Crippen LogP contribution in [-0.4, -0.2) is 75.8 Å². The second-order valence-electron chi connectivity index (χ2n) is 5.68. The maximum Gasteiger partial charge on any atom is 0.215 e. The smallest absolute Gasteiger partial charge is 0.215 e. The highest BCUT2D eigenvalue weighted by molar-refractivity contribution is 14.0. The Balaban J connectivity index is 0.00000392. The largest absolute Gasteiger partial charge is 0.489 e. The molecule has 1 fully saturated rings. The molecule has 2 rings (SSSR count). The first-order chi connectivity index (χ1) is 12.9. The molecule has 0 aromatic heterocycles. The normalized spacial score (nSPS) is 15.6. The number of nitrogens with one attached hydrogen (secondary N) is 2. The average Bonchev–Trinajstić information content (AvgIpc) is 2.65. The monoisotopic (exact) mass is 550 g/mol. The molecular formula is C16H25F2IN4O3S2. The zero-order chi connectivity index (χ0) is 19.7. The Morgan fingerprint density at radius 1 is 1.25 bits per heavy atom. The van der Waals surface area contributed by atoms with E-state index in [1.165, 1.54) is 10.4 Å². The van der Waals surface area contributed by atoms with Crippen LogP contribution >= 0.6 is 35.7 Å². The fraction of sp³-hybridized carbons (Fsp3) is 0.562. The molecule has 1 aromatic carbocycles. The first kappa shape index (κ1) is 25.2. The summed E-state index contributed by atoms with van der Waals surface area (Å²) in [4.78, 5) is 4.00. The molecule has 2 N–H and O–H groups in total. The lowest BCUT2D eigenvalue weighted by Crippen LogP contribution is -2.44. The van der Waals surface area contributed by atoms with Gasteiger partial charge in [0.25, 0.3) is 0 Å². The van der Waals surface area contributed by atoms with Gasteiger partial charge in [-0.3, -0.25) is 4.99 Å². The van der Waals surface area contributed by atoms with Gasteiger partial charge in [-0.25, -0.2) is 21.5 Å². The van der Waals surface area contributed by atoms with E-state index in [2.05, 4.69) is 15.6 Å². The molecule has 1 aliphatic rings. The Hall–Kier alpha value is -0.860. The summed E-state index contributed by atoms with van der Waals surface area (Å²) in [5, 5.41) is 5.87. The summed E-state index contributed by atoms with van der Waals surface area (Å²) in [6.07, 6.45) is 0. The lowest BCUT2D eigenvalue weighted by Gasteiger charge is -2.25. The Labute approximate surface area is 185 Å². The highest BCUT2D eigenvalue weighted by atomic mass is 127. The van der Waals surface area contributed by atoms with Crippen molar-refractivity contribution in [3.05, 3.63) is 29.8 Å². The molecule has 1 aliphatic heterocycles. The van der Waals surface area contributed by atoms with Crippen LogP contribution in [0.4, 0.5) is 8.78 Å². The van der Waals surface area contributed by atoms with Gasteiger partial charge < -0.3 is 15.4 Å². The average molecular weight is 550 g/mol. The Bertz CT molecular complexity index is 747. The highest BCUT2D eigenvalue weighted by Gasteiger charge is 2.23. The van der Waals surface area contributed by atoms with Crippen LogP contribution in [0.1, 0.15) is 0 Å². The zero-order valence-electron chi connectivity index (χ0n) is 15.5. The van der Waals surface area contributed by atoms with E-state index >= 15 is 0 Å². The highest BCUT2D eigenvalue weighted by Crippen LogP contribution is 2.17. The summed E-state index contributed by atoms with van der Waals surface area (Å²) >= 11 is 1.75. The minimum absolute atomic E-state index is 0. The van der Waals surface area contributed by atoms with E-state index in [-0.39, 0.29) is 48.6 Å². The number of hydrogen-bond acceptors (Lipinski definition) is 5. The van der Waals surface area contributed by atoms with E-state index in [9.17, 15) is 17.2 Å². The second kappa shape index (κ2) is 12.6. The standard InChI is InChI=1S/C16H24F2N4O3S2.HI/c1-19-16(20-4-8-25-15-3-2-13(17)12-14(15)18)21-5-11-27(23,24)22-6-9-26-10-7-22;/h2-3,12H,4-11H2,1H3,(H2,19,20,21);1H. The number of hydrogen-bond donors (Lipinski definition) is 2. The van der Waals surface area contributed by atoms with E-state index in [4.69, 9.17) is 4.74 Å². The van der Waals surface area contributed by atoms with Crippen LogP contribution in [0.15, 0.2) is 23.2 Å². The zero-order valence-corrected chi connectivity index (χ0v) is 19.5. The van der Waals surface area contributed by atoms with E-state index < -0.39 is 21.7 Å². The van der Waals surface area contributed by atoms with Crippen molar-refractivity contribution in [2.45, 2.75) is 0 Å². The Morgan fingerprint density at radius 3 is 2.57 bits per heavy atom. The molecule has 28 heavy (non-hydrogen) atoms. The summed E-state index contributed by atoms with van der Waals surface area (Å²) in [7, 11) is -1.72. The van der Waals surface area contributed by atoms with E-state index in [0.717, 1.165) is 23.6 Å². The molecule has 0 atom stereocenters. The molecule has 0 saturated carbocycles. The summed E-state index contributed by atoms with van der Waals surface area (Å²) in [5.74, 6) is 0.583. The number of nitrogens with zero attached hydrogens (tertiary/aromatic N) is 2. The van der Waals surface area contributed by atoms with Crippen LogP contribution in [0, 0.1) is 11.6 Å². The van der Waals surface area contributed by atoms with Crippen LogP contribution in [0.3, 0.4) is 0 Å². The van der Waals surface area contributed by atoms with Crippen molar-refractivity contribution in [2.24, 2.45) is 4.99 Å². The van der Waals surface area contributed by atoms with Gasteiger partial charge in [-0.05, 0) is 12.1 Å². The second-order valence-corrected chi connectivity index (χ2v) is 8.99. The van der Waals surface area contributed by atoms with Gasteiger partial charge in [0.2, 0.25) is 10.0 Å². The third-order valence-corrected chi connectivity index (χ3v) is 6.60. The van der Waals surface area contributed by atoms with Crippen molar-refractivity contribution in [1.29, 1.82) is 0 Å². The molecule has 0 bridgehead atoms. The fourth-order valence-corrected chi connectivity index (χ4v) is 4.89. The molecule has 0 amide bonds. The number of ether oxygens (including phenoxy) is 1. The third kappa shape index (κ3) is 8.25. The molecule has 0 unspecified atom stereocenters. The lowest BCUT2D eigenvalue weighted by molar-refractivity contribution is 0.304. The van der Waals surface area contributed by atoms with Gasteiger partial charge in [0, 0.05) is 44.3 Å². The minimum Gasteiger partial charge on any atom is -0.489 e. The summed E-state index contributed by atoms with van der Waals surface area (Å²) in [6, 6.07) is 3.10. The van der Waals surface area contributed by atoms with Crippen LogP contribution < -0.4 is 15.4 Å². The predicted molar refractivity (Wildman–Crippen MR) is 119 cm³/mol.